The number of aryl methyl sites for hydroxylation is 1. The van der Waals surface area contributed by atoms with Crippen LogP contribution in [0.5, 0.6) is 11.6 Å². The summed E-state index contributed by atoms with van der Waals surface area (Å²) in [6.07, 6.45) is 4.56. The molecule has 2 aromatic heterocycles. The summed E-state index contributed by atoms with van der Waals surface area (Å²) in [7, 11) is 1.62. The number of carbonyl (C=O) groups excluding carboxylic acids is 2. The van der Waals surface area contributed by atoms with E-state index >= 15 is 0 Å². The Bertz CT molecular complexity index is 1460. The van der Waals surface area contributed by atoms with Gasteiger partial charge in [-0.3, -0.25) is 14.6 Å². The second-order valence-electron chi connectivity index (χ2n) is 9.58. The summed E-state index contributed by atoms with van der Waals surface area (Å²) in [5.41, 5.74) is 10.3. The van der Waals surface area contributed by atoms with Crippen LogP contribution in [0.15, 0.2) is 73.1 Å². The molecule has 10 nitrogen and oxygen atoms in total. The number of nitrogens with zero attached hydrogens (tertiary/aromatic N) is 3. The number of nitrogens with two attached hydrogens (primary N) is 1. The van der Waals surface area contributed by atoms with E-state index in [0.717, 1.165) is 33.7 Å². The van der Waals surface area contributed by atoms with Gasteiger partial charge in [0.25, 0.3) is 0 Å². The molecule has 2 amide bonds. The molecule has 0 unspecified atom stereocenters. The quantitative estimate of drug-likeness (QED) is 0.202. The first-order valence-electron chi connectivity index (χ1n) is 13.4. The van der Waals surface area contributed by atoms with E-state index in [4.69, 9.17) is 20.3 Å². The minimum absolute atomic E-state index is 0.102. The molecule has 2 heterocycles. The molecule has 0 fully saturated rings. The lowest BCUT2D eigenvalue weighted by Crippen LogP contribution is -2.45. The summed E-state index contributed by atoms with van der Waals surface area (Å²) < 4.78 is 13.3. The van der Waals surface area contributed by atoms with Gasteiger partial charge < -0.3 is 25.6 Å². The van der Waals surface area contributed by atoms with Crippen LogP contribution in [0.1, 0.15) is 29.5 Å². The highest BCUT2D eigenvalue weighted by atomic mass is 16.5. The Morgan fingerprint density at radius 2 is 1.93 bits per heavy atom. The third-order valence-electron chi connectivity index (χ3n) is 6.60. The topological polar surface area (TPSA) is 142 Å². The Morgan fingerprint density at radius 3 is 2.59 bits per heavy atom. The molecule has 0 saturated carbocycles. The van der Waals surface area contributed by atoms with Crippen molar-refractivity contribution in [3.8, 4) is 28.6 Å². The van der Waals surface area contributed by atoms with Crippen LogP contribution < -0.4 is 20.5 Å². The minimum atomic E-state index is -0.802. The Labute approximate surface area is 239 Å². The standard InChI is InChI=1S/C31H35N5O5/c1-21-18-24(12-13-27(21)40-2)36-31(25(14-16-37)29(35-36)23-10-6-15-33-20-23)41-17-7-11-28(38)34-26(30(32)39)19-22-8-4-3-5-9-22/h3-6,8-10,12-13,15,18,20,26,37H,7,11,14,16-17,19H2,1-2H3,(H2,32,39)(H,34,38)/t26-/m0/s1. The van der Waals surface area contributed by atoms with Gasteiger partial charge in [0.05, 0.1) is 19.4 Å². The number of amides is 2. The number of hydrogen-bond acceptors (Lipinski definition) is 7. The highest BCUT2D eigenvalue weighted by molar-refractivity contribution is 5.86. The number of hydrogen-bond donors (Lipinski definition) is 3. The van der Waals surface area contributed by atoms with Gasteiger partial charge >= 0.3 is 0 Å². The first-order chi connectivity index (χ1) is 19.9. The van der Waals surface area contributed by atoms with Crippen molar-refractivity contribution < 1.29 is 24.2 Å². The molecule has 0 saturated heterocycles. The number of aliphatic hydroxyl groups is 1. The van der Waals surface area contributed by atoms with Crippen LogP contribution in [-0.2, 0) is 22.4 Å². The van der Waals surface area contributed by atoms with Crippen molar-refractivity contribution in [1.29, 1.82) is 0 Å². The molecule has 10 heteroatoms. The number of pyridine rings is 1. The number of ether oxygens (including phenoxy) is 2. The average Bonchev–Trinajstić information content (AvgIpc) is 3.34. The second-order valence-corrected chi connectivity index (χ2v) is 9.58. The predicted octanol–water partition coefficient (Wildman–Crippen LogP) is 3.16. The molecule has 0 radical (unpaired) electrons. The lowest BCUT2D eigenvalue weighted by atomic mass is 10.1. The van der Waals surface area contributed by atoms with Gasteiger partial charge in [0.2, 0.25) is 17.7 Å². The van der Waals surface area contributed by atoms with Crippen LogP contribution in [0.2, 0.25) is 0 Å². The van der Waals surface area contributed by atoms with Crippen molar-refractivity contribution >= 4 is 11.8 Å². The smallest absolute Gasteiger partial charge is 0.240 e. The van der Waals surface area contributed by atoms with Gasteiger partial charge in [-0.25, -0.2) is 4.68 Å². The summed E-state index contributed by atoms with van der Waals surface area (Å²) >= 11 is 0. The first-order valence-corrected chi connectivity index (χ1v) is 13.4. The fourth-order valence-electron chi connectivity index (χ4n) is 4.57. The van der Waals surface area contributed by atoms with E-state index in [9.17, 15) is 14.7 Å². The van der Waals surface area contributed by atoms with Crippen LogP contribution in [0.3, 0.4) is 0 Å². The van der Waals surface area contributed by atoms with Crippen molar-refractivity contribution in [2.75, 3.05) is 20.3 Å². The maximum Gasteiger partial charge on any atom is 0.240 e. The van der Waals surface area contributed by atoms with Gasteiger partial charge in [-0.05, 0) is 54.8 Å². The molecule has 0 bridgehead atoms. The highest BCUT2D eigenvalue weighted by Crippen LogP contribution is 2.34. The summed E-state index contributed by atoms with van der Waals surface area (Å²) in [4.78, 5) is 28.8. The van der Waals surface area contributed by atoms with Gasteiger partial charge in [0.15, 0.2) is 0 Å². The van der Waals surface area contributed by atoms with Crippen molar-refractivity contribution in [2.24, 2.45) is 5.73 Å². The van der Waals surface area contributed by atoms with Gasteiger partial charge in [0, 0.05) is 49.4 Å². The molecule has 1 atom stereocenters. The van der Waals surface area contributed by atoms with Crippen LogP contribution in [-0.4, -0.2) is 58.1 Å². The predicted molar refractivity (Wildman–Crippen MR) is 155 cm³/mol. The number of carbonyl (C=O) groups is 2. The van der Waals surface area contributed by atoms with E-state index in [2.05, 4.69) is 10.3 Å². The molecule has 214 valence electrons. The van der Waals surface area contributed by atoms with E-state index in [1.54, 1.807) is 24.2 Å². The van der Waals surface area contributed by atoms with Crippen molar-refractivity contribution in [1.82, 2.24) is 20.1 Å². The molecular formula is C31H35N5O5. The molecule has 0 aliphatic carbocycles. The number of aromatic nitrogens is 3. The zero-order chi connectivity index (χ0) is 29.2. The number of aliphatic hydroxyl groups excluding tert-OH is 1. The summed E-state index contributed by atoms with van der Waals surface area (Å²) in [5, 5.41) is 17.5. The normalized spacial score (nSPS) is 11.6. The zero-order valence-electron chi connectivity index (χ0n) is 23.2. The van der Waals surface area contributed by atoms with Crippen molar-refractivity contribution in [3.63, 3.8) is 0 Å². The van der Waals surface area contributed by atoms with E-state index < -0.39 is 11.9 Å². The SMILES string of the molecule is COc1ccc(-n2nc(-c3cccnc3)c(CCO)c2OCCCC(=O)N[C@@H](Cc2ccccc2)C(N)=O)cc1C. The minimum Gasteiger partial charge on any atom is -0.496 e. The molecular weight excluding hydrogens is 522 g/mol. The van der Waals surface area contributed by atoms with Gasteiger partial charge in [-0.2, -0.15) is 5.10 Å². The zero-order valence-corrected chi connectivity index (χ0v) is 23.2. The molecule has 41 heavy (non-hydrogen) atoms. The maximum atomic E-state index is 12.7. The van der Waals surface area contributed by atoms with E-state index in [0.29, 0.717) is 30.8 Å². The van der Waals surface area contributed by atoms with Gasteiger partial charge in [0.1, 0.15) is 17.5 Å². The van der Waals surface area contributed by atoms with Gasteiger partial charge in [-0.15, -0.1) is 0 Å². The van der Waals surface area contributed by atoms with Crippen LogP contribution >= 0.6 is 0 Å². The Balaban J connectivity index is 1.51. The average molecular weight is 558 g/mol. The number of rotatable bonds is 14. The lowest BCUT2D eigenvalue weighted by molar-refractivity contribution is -0.127. The largest absolute Gasteiger partial charge is 0.496 e. The number of nitrogens with one attached hydrogen (secondary N) is 1. The molecule has 0 aliphatic rings. The van der Waals surface area contributed by atoms with Crippen LogP contribution in [0.25, 0.3) is 16.9 Å². The third kappa shape index (κ3) is 7.49. The monoisotopic (exact) mass is 557 g/mol. The van der Waals surface area contributed by atoms with Gasteiger partial charge in [-0.1, -0.05) is 30.3 Å². The Kier molecular flexibility index (Phi) is 10.1. The fourth-order valence-corrected chi connectivity index (χ4v) is 4.57. The summed E-state index contributed by atoms with van der Waals surface area (Å²) in [5.74, 6) is 0.342. The van der Waals surface area contributed by atoms with E-state index in [1.165, 1.54) is 0 Å². The maximum absolute atomic E-state index is 12.7. The molecule has 0 aliphatic heterocycles. The number of primary amides is 1. The summed E-state index contributed by atoms with van der Waals surface area (Å²) in [6, 6.07) is 18.0. The van der Waals surface area contributed by atoms with Crippen molar-refractivity contribution in [2.45, 2.75) is 38.6 Å². The molecule has 4 aromatic rings. The number of benzene rings is 2. The molecule has 4 N–H and O–H groups in total. The van der Waals surface area contributed by atoms with E-state index in [-0.39, 0.29) is 25.5 Å². The molecule has 0 spiro atoms. The highest BCUT2D eigenvalue weighted by Gasteiger charge is 2.23. The number of methoxy groups -OCH3 is 1. The molecule has 4 rings (SSSR count). The van der Waals surface area contributed by atoms with Crippen LogP contribution in [0, 0.1) is 6.92 Å². The Morgan fingerprint density at radius 1 is 1.12 bits per heavy atom. The van der Waals surface area contributed by atoms with Crippen molar-refractivity contribution in [3.05, 3.63) is 89.7 Å². The fraction of sp³-hybridized carbons (Fsp3) is 0.290. The Hall–Kier alpha value is -4.70. The third-order valence-corrected chi connectivity index (χ3v) is 6.60. The lowest BCUT2D eigenvalue weighted by Gasteiger charge is -2.16. The second kappa shape index (κ2) is 14.1. The summed E-state index contributed by atoms with van der Waals surface area (Å²) in [6.45, 7) is 2.05. The van der Waals surface area contributed by atoms with E-state index in [1.807, 2.05) is 67.6 Å². The first kappa shape index (κ1) is 29.3. The van der Waals surface area contributed by atoms with Crippen LogP contribution in [0.4, 0.5) is 0 Å². The molecule has 2 aromatic carbocycles.